The molecule has 0 aliphatic carbocycles. The first kappa shape index (κ1) is 21.1. The predicted octanol–water partition coefficient (Wildman–Crippen LogP) is 3.17. The van der Waals surface area contributed by atoms with Crippen molar-refractivity contribution in [3.8, 4) is 0 Å². The fraction of sp³-hybridized carbons (Fsp3) is 0.391. The second-order valence-corrected chi connectivity index (χ2v) is 8.11. The van der Waals surface area contributed by atoms with E-state index in [9.17, 15) is 18.4 Å². The van der Waals surface area contributed by atoms with E-state index in [1.54, 1.807) is 4.90 Å². The van der Waals surface area contributed by atoms with Gasteiger partial charge in [0.1, 0.15) is 6.54 Å². The van der Waals surface area contributed by atoms with Crippen LogP contribution < -0.4 is 9.80 Å². The SMILES string of the molecule is Cc1ccc(C)c(N2CCN(C(=O)CN3CCN(c4ccc(F)c(F)c4)C3=O)CC2)c1. The van der Waals surface area contributed by atoms with Crippen LogP contribution in [0.2, 0.25) is 0 Å². The first-order chi connectivity index (χ1) is 14.8. The van der Waals surface area contributed by atoms with E-state index in [0.29, 0.717) is 31.9 Å². The summed E-state index contributed by atoms with van der Waals surface area (Å²) in [6.45, 7) is 7.52. The summed E-state index contributed by atoms with van der Waals surface area (Å²) in [5.74, 6) is -2.05. The van der Waals surface area contributed by atoms with Crippen LogP contribution >= 0.6 is 0 Å². The number of piperazine rings is 1. The Kier molecular flexibility index (Phi) is 5.80. The molecule has 0 radical (unpaired) electrons. The van der Waals surface area contributed by atoms with E-state index in [-0.39, 0.29) is 18.5 Å². The molecule has 0 bridgehead atoms. The lowest BCUT2D eigenvalue weighted by Crippen LogP contribution is -2.51. The van der Waals surface area contributed by atoms with Crippen LogP contribution in [0.5, 0.6) is 0 Å². The van der Waals surface area contributed by atoms with Crippen molar-refractivity contribution in [3.63, 3.8) is 0 Å². The Balaban J connectivity index is 1.33. The van der Waals surface area contributed by atoms with Crippen molar-refractivity contribution < 1.29 is 18.4 Å². The summed E-state index contributed by atoms with van der Waals surface area (Å²) in [6.07, 6.45) is 0. The van der Waals surface area contributed by atoms with E-state index in [4.69, 9.17) is 0 Å². The molecule has 2 fully saturated rings. The van der Waals surface area contributed by atoms with Crippen molar-refractivity contribution in [2.45, 2.75) is 13.8 Å². The Labute approximate surface area is 180 Å². The highest BCUT2D eigenvalue weighted by molar-refractivity contribution is 5.96. The average molecular weight is 428 g/mol. The van der Waals surface area contributed by atoms with E-state index in [2.05, 4.69) is 36.9 Å². The zero-order valence-corrected chi connectivity index (χ0v) is 17.8. The third-order valence-electron chi connectivity index (χ3n) is 5.97. The molecule has 8 heteroatoms. The largest absolute Gasteiger partial charge is 0.368 e. The first-order valence-electron chi connectivity index (χ1n) is 10.4. The number of anilines is 2. The molecule has 31 heavy (non-hydrogen) atoms. The standard InChI is InChI=1S/C23H26F2N4O2/c1-16-3-4-17(2)21(13-16)26-7-9-27(10-8-26)22(30)15-28-11-12-29(23(28)31)18-5-6-19(24)20(25)14-18/h3-6,13-14H,7-12,15H2,1-2H3. The summed E-state index contributed by atoms with van der Waals surface area (Å²) < 4.78 is 26.7. The van der Waals surface area contributed by atoms with Crippen LogP contribution in [0.3, 0.4) is 0 Å². The minimum absolute atomic E-state index is 0.0114. The third kappa shape index (κ3) is 4.33. The van der Waals surface area contributed by atoms with Crippen LogP contribution in [-0.4, -0.2) is 67.6 Å². The molecular formula is C23H26F2N4O2. The molecule has 0 atom stereocenters. The van der Waals surface area contributed by atoms with Crippen molar-refractivity contribution in [2.75, 3.05) is 55.6 Å². The van der Waals surface area contributed by atoms with E-state index < -0.39 is 11.6 Å². The maximum absolute atomic E-state index is 13.5. The minimum Gasteiger partial charge on any atom is -0.368 e. The van der Waals surface area contributed by atoms with Gasteiger partial charge in [-0.25, -0.2) is 13.6 Å². The van der Waals surface area contributed by atoms with E-state index in [0.717, 1.165) is 25.2 Å². The number of nitrogens with zero attached hydrogens (tertiary/aromatic N) is 4. The fourth-order valence-corrected chi connectivity index (χ4v) is 4.14. The van der Waals surface area contributed by atoms with Crippen molar-refractivity contribution >= 4 is 23.3 Å². The van der Waals surface area contributed by atoms with Crippen LogP contribution in [0.25, 0.3) is 0 Å². The Morgan fingerprint density at radius 3 is 2.35 bits per heavy atom. The van der Waals surface area contributed by atoms with Crippen LogP contribution in [0, 0.1) is 25.5 Å². The number of carbonyl (C=O) groups is 2. The molecule has 6 nitrogen and oxygen atoms in total. The molecule has 2 saturated heterocycles. The molecule has 2 heterocycles. The Morgan fingerprint density at radius 1 is 0.903 bits per heavy atom. The van der Waals surface area contributed by atoms with Crippen molar-refractivity contribution in [1.29, 1.82) is 0 Å². The topological polar surface area (TPSA) is 47.1 Å². The zero-order chi connectivity index (χ0) is 22.1. The number of halogens is 2. The molecule has 3 amide bonds. The summed E-state index contributed by atoms with van der Waals surface area (Å²) in [4.78, 5) is 32.4. The molecule has 2 aromatic carbocycles. The van der Waals surface area contributed by atoms with Gasteiger partial charge >= 0.3 is 6.03 Å². The van der Waals surface area contributed by atoms with Gasteiger partial charge in [0.25, 0.3) is 0 Å². The molecule has 0 saturated carbocycles. The van der Waals surface area contributed by atoms with E-state index >= 15 is 0 Å². The van der Waals surface area contributed by atoms with Gasteiger partial charge in [0, 0.05) is 56.7 Å². The van der Waals surface area contributed by atoms with E-state index in [1.165, 1.54) is 32.7 Å². The predicted molar refractivity (Wildman–Crippen MR) is 115 cm³/mol. The Bertz CT molecular complexity index is 1010. The zero-order valence-electron chi connectivity index (χ0n) is 17.8. The molecule has 0 unspecified atom stereocenters. The van der Waals surface area contributed by atoms with Gasteiger partial charge in [0.05, 0.1) is 0 Å². The fourth-order valence-electron chi connectivity index (χ4n) is 4.14. The van der Waals surface area contributed by atoms with Crippen molar-refractivity contribution in [2.24, 2.45) is 0 Å². The van der Waals surface area contributed by atoms with Gasteiger partial charge in [-0.2, -0.15) is 0 Å². The lowest BCUT2D eigenvalue weighted by Gasteiger charge is -2.37. The second-order valence-electron chi connectivity index (χ2n) is 8.11. The number of rotatable bonds is 4. The monoisotopic (exact) mass is 428 g/mol. The van der Waals surface area contributed by atoms with Gasteiger partial charge in [-0.15, -0.1) is 0 Å². The molecule has 0 N–H and O–H groups in total. The lowest BCUT2D eigenvalue weighted by molar-refractivity contribution is -0.131. The van der Waals surface area contributed by atoms with Crippen LogP contribution in [-0.2, 0) is 4.79 Å². The second kappa shape index (κ2) is 8.53. The summed E-state index contributed by atoms with van der Waals surface area (Å²) in [5, 5.41) is 0. The van der Waals surface area contributed by atoms with Crippen molar-refractivity contribution in [1.82, 2.24) is 9.80 Å². The Morgan fingerprint density at radius 2 is 1.65 bits per heavy atom. The number of urea groups is 1. The average Bonchev–Trinajstić information content (AvgIpc) is 3.12. The minimum atomic E-state index is -0.999. The molecule has 2 aliphatic heterocycles. The van der Waals surface area contributed by atoms with Crippen molar-refractivity contribution in [3.05, 3.63) is 59.2 Å². The lowest BCUT2D eigenvalue weighted by atomic mass is 10.1. The van der Waals surface area contributed by atoms with Crippen LogP contribution in [0.1, 0.15) is 11.1 Å². The first-order valence-corrected chi connectivity index (χ1v) is 10.4. The quantitative estimate of drug-likeness (QED) is 0.752. The van der Waals surface area contributed by atoms with E-state index in [1.807, 2.05) is 0 Å². The maximum atomic E-state index is 13.5. The van der Waals surface area contributed by atoms with Gasteiger partial charge < -0.3 is 14.7 Å². The highest BCUT2D eigenvalue weighted by Gasteiger charge is 2.33. The Hall–Kier alpha value is -3.16. The van der Waals surface area contributed by atoms with Gasteiger partial charge in [0.15, 0.2) is 11.6 Å². The molecule has 164 valence electrons. The molecule has 0 aromatic heterocycles. The number of hydrogen-bond acceptors (Lipinski definition) is 3. The number of aryl methyl sites for hydroxylation is 2. The number of amides is 3. The summed E-state index contributed by atoms with van der Waals surface area (Å²) >= 11 is 0. The van der Waals surface area contributed by atoms with Gasteiger partial charge in [-0.1, -0.05) is 12.1 Å². The maximum Gasteiger partial charge on any atom is 0.325 e. The molecular weight excluding hydrogens is 402 g/mol. The van der Waals surface area contributed by atoms with Gasteiger partial charge in [0.2, 0.25) is 5.91 Å². The van der Waals surface area contributed by atoms with Gasteiger partial charge in [-0.3, -0.25) is 9.69 Å². The third-order valence-corrected chi connectivity index (χ3v) is 5.97. The smallest absolute Gasteiger partial charge is 0.325 e. The molecule has 0 spiro atoms. The van der Waals surface area contributed by atoms with Crippen LogP contribution in [0.15, 0.2) is 36.4 Å². The number of benzene rings is 2. The normalized spacial score (nSPS) is 17.0. The van der Waals surface area contributed by atoms with Crippen LogP contribution in [0.4, 0.5) is 25.0 Å². The number of carbonyl (C=O) groups excluding carboxylic acids is 2. The van der Waals surface area contributed by atoms with Gasteiger partial charge in [-0.05, 0) is 43.2 Å². The molecule has 2 aliphatic rings. The summed E-state index contributed by atoms with van der Waals surface area (Å²) in [7, 11) is 0. The molecule has 2 aromatic rings. The highest BCUT2D eigenvalue weighted by Crippen LogP contribution is 2.24. The number of hydrogen-bond donors (Lipinski definition) is 0. The summed E-state index contributed by atoms with van der Waals surface area (Å²) in [5.41, 5.74) is 3.91. The summed E-state index contributed by atoms with van der Waals surface area (Å²) in [6, 6.07) is 9.38. The highest BCUT2D eigenvalue weighted by atomic mass is 19.2. The molecule has 4 rings (SSSR count).